The molecule has 0 aliphatic carbocycles. The molecule has 2 rings (SSSR count). The third-order valence-corrected chi connectivity index (χ3v) is 5.11. The summed E-state index contributed by atoms with van der Waals surface area (Å²) >= 11 is 7.62. The Morgan fingerprint density at radius 1 is 1.35 bits per heavy atom. The molecule has 0 radical (unpaired) electrons. The van der Waals surface area contributed by atoms with Crippen LogP contribution in [0.5, 0.6) is 0 Å². The van der Waals surface area contributed by atoms with E-state index in [1.807, 2.05) is 13.8 Å². The number of carbonyl (C=O) groups is 2. The van der Waals surface area contributed by atoms with Gasteiger partial charge in [0.2, 0.25) is 0 Å². The molecule has 1 aliphatic rings. The highest BCUT2D eigenvalue weighted by atomic mass is 35.5. The van der Waals surface area contributed by atoms with Gasteiger partial charge in [-0.3, -0.25) is 4.79 Å². The van der Waals surface area contributed by atoms with E-state index >= 15 is 0 Å². The third kappa shape index (κ3) is 2.79. The van der Waals surface area contributed by atoms with E-state index in [4.69, 9.17) is 11.6 Å². The Bertz CT molecular complexity index is 568. The minimum atomic E-state index is -1.18. The Labute approximate surface area is 126 Å². The Kier molecular flexibility index (Phi) is 4.30. The molecule has 108 valence electrons. The van der Waals surface area contributed by atoms with E-state index in [0.29, 0.717) is 22.8 Å². The van der Waals surface area contributed by atoms with Gasteiger partial charge in [-0.2, -0.15) is 11.8 Å². The maximum Gasteiger partial charge on any atom is 0.330 e. The van der Waals surface area contributed by atoms with Crippen molar-refractivity contribution in [1.29, 1.82) is 0 Å². The molecule has 0 aromatic heterocycles. The Balaban J connectivity index is 2.28. The molecule has 1 saturated heterocycles. The highest BCUT2D eigenvalue weighted by Gasteiger charge is 2.43. The van der Waals surface area contributed by atoms with Crippen LogP contribution in [0.3, 0.4) is 0 Å². The molecule has 2 N–H and O–H groups in total. The SMILES string of the molecule is Cc1cc(Cl)c(C(=O)NC2(C(=O)O)CCSC2)cc1C. The van der Waals surface area contributed by atoms with Crippen LogP contribution in [0.25, 0.3) is 0 Å². The van der Waals surface area contributed by atoms with E-state index in [-0.39, 0.29) is 0 Å². The van der Waals surface area contributed by atoms with Gasteiger partial charge in [0.1, 0.15) is 5.54 Å². The first-order valence-corrected chi connectivity index (χ1v) is 7.79. The summed E-state index contributed by atoms with van der Waals surface area (Å²) in [6.45, 7) is 3.80. The number of carbonyl (C=O) groups excluding carboxylic acids is 1. The molecule has 0 spiro atoms. The second kappa shape index (κ2) is 5.66. The van der Waals surface area contributed by atoms with Crippen LogP contribution in [0, 0.1) is 13.8 Å². The number of aryl methyl sites for hydroxylation is 2. The van der Waals surface area contributed by atoms with Gasteiger partial charge in [0.15, 0.2) is 0 Å². The molecule has 4 nitrogen and oxygen atoms in total. The zero-order chi connectivity index (χ0) is 14.9. The summed E-state index contributed by atoms with van der Waals surface area (Å²) in [6.07, 6.45) is 0.432. The van der Waals surface area contributed by atoms with E-state index in [2.05, 4.69) is 5.32 Å². The third-order valence-electron chi connectivity index (χ3n) is 3.61. The van der Waals surface area contributed by atoms with E-state index in [1.165, 1.54) is 11.8 Å². The quantitative estimate of drug-likeness (QED) is 0.900. The molecular formula is C14H16ClNO3S. The van der Waals surface area contributed by atoms with Gasteiger partial charge >= 0.3 is 5.97 Å². The molecule has 1 aliphatic heterocycles. The molecule has 0 bridgehead atoms. The van der Waals surface area contributed by atoms with Crippen LogP contribution in [0.15, 0.2) is 12.1 Å². The van der Waals surface area contributed by atoms with Crippen molar-refractivity contribution in [1.82, 2.24) is 5.32 Å². The van der Waals surface area contributed by atoms with Crippen molar-refractivity contribution in [3.05, 3.63) is 33.8 Å². The topological polar surface area (TPSA) is 66.4 Å². The molecule has 1 atom stereocenters. The number of nitrogens with one attached hydrogen (secondary N) is 1. The smallest absolute Gasteiger partial charge is 0.330 e. The number of thioether (sulfide) groups is 1. The maximum absolute atomic E-state index is 12.3. The summed E-state index contributed by atoms with van der Waals surface area (Å²) in [5, 5.41) is 12.4. The van der Waals surface area contributed by atoms with Crippen LogP contribution in [-0.4, -0.2) is 34.0 Å². The molecule has 1 aromatic carbocycles. The largest absolute Gasteiger partial charge is 0.479 e. The summed E-state index contributed by atoms with van der Waals surface area (Å²) in [5.74, 6) is -0.303. The lowest BCUT2D eigenvalue weighted by atomic mass is 9.98. The number of aliphatic carboxylic acids is 1. The zero-order valence-corrected chi connectivity index (χ0v) is 12.9. The van der Waals surface area contributed by atoms with Crippen molar-refractivity contribution >= 4 is 35.2 Å². The fourth-order valence-corrected chi connectivity index (χ4v) is 3.75. The normalized spacial score (nSPS) is 21.8. The highest BCUT2D eigenvalue weighted by Crippen LogP contribution is 2.29. The number of rotatable bonds is 3. The number of carboxylic acids is 1. The predicted molar refractivity (Wildman–Crippen MR) is 80.7 cm³/mol. The van der Waals surface area contributed by atoms with Crippen molar-refractivity contribution in [2.24, 2.45) is 0 Å². The van der Waals surface area contributed by atoms with Gasteiger partial charge in [-0.1, -0.05) is 11.6 Å². The lowest BCUT2D eigenvalue weighted by molar-refractivity contribution is -0.143. The monoisotopic (exact) mass is 313 g/mol. The van der Waals surface area contributed by atoms with Crippen LogP contribution in [0.1, 0.15) is 27.9 Å². The van der Waals surface area contributed by atoms with Gasteiger partial charge in [-0.15, -0.1) is 0 Å². The molecule has 1 fully saturated rings. The fraction of sp³-hybridized carbons (Fsp3) is 0.429. The number of halogens is 1. The number of benzene rings is 1. The van der Waals surface area contributed by atoms with E-state index in [9.17, 15) is 14.7 Å². The number of hydrogen-bond donors (Lipinski definition) is 2. The van der Waals surface area contributed by atoms with Gasteiger partial charge in [0.05, 0.1) is 10.6 Å². The van der Waals surface area contributed by atoms with E-state index < -0.39 is 17.4 Å². The summed E-state index contributed by atoms with van der Waals surface area (Å²) < 4.78 is 0. The Morgan fingerprint density at radius 2 is 2.00 bits per heavy atom. The first kappa shape index (κ1) is 15.2. The van der Waals surface area contributed by atoms with Crippen LogP contribution in [0.4, 0.5) is 0 Å². The van der Waals surface area contributed by atoms with Gasteiger partial charge in [0.25, 0.3) is 5.91 Å². The molecule has 1 unspecified atom stereocenters. The zero-order valence-electron chi connectivity index (χ0n) is 11.3. The van der Waals surface area contributed by atoms with Gasteiger partial charge in [-0.25, -0.2) is 4.79 Å². The van der Waals surface area contributed by atoms with Crippen LogP contribution >= 0.6 is 23.4 Å². The van der Waals surface area contributed by atoms with Crippen molar-refractivity contribution in [2.75, 3.05) is 11.5 Å². The molecular weight excluding hydrogens is 298 g/mol. The molecule has 0 saturated carbocycles. The van der Waals surface area contributed by atoms with Gasteiger partial charge in [0, 0.05) is 5.75 Å². The Hall–Kier alpha value is -1.20. The lowest BCUT2D eigenvalue weighted by Gasteiger charge is -2.25. The number of carboxylic acid groups (broad SMARTS) is 1. The van der Waals surface area contributed by atoms with Crippen LogP contribution in [-0.2, 0) is 4.79 Å². The molecule has 20 heavy (non-hydrogen) atoms. The molecule has 1 aromatic rings. The lowest BCUT2D eigenvalue weighted by Crippen LogP contribution is -2.54. The second-order valence-electron chi connectivity index (χ2n) is 5.06. The van der Waals surface area contributed by atoms with Crippen molar-refractivity contribution < 1.29 is 14.7 Å². The maximum atomic E-state index is 12.3. The minimum absolute atomic E-state index is 0.326. The average Bonchev–Trinajstić information content (AvgIpc) is 2.83. The molecule has 1 heterocycles. The fourth-order valence-electron chi connectivity index (χ4n) is 2.13. The first-order chi connectivity index (χ1) is 9.35. The highest BCUT2D eigenvalue weighted by molar-refractivity contribution is 7.99. The first-order valence-electron chi connectivity index (χ1n) is 6.26. The van der Waals surface area contributed by atoms with E-state index in [0.717, 1.165) is 16.9 Å². The summed E-state index contributed by atoms with van der Waals surface area (Å²) in [7, 11) is 0. The van der Waals surface area contributed by atoms with Crippen LogP contribution < -0.4 is 5.32 Å². The molecule has 1 amide bonds. The van der Waals surface area contributed by atoms with Crippen LogP contribution in [0.2, 0.25) is 5.02 Å². The minimum Gasteiger partial charge on any atom is -0.479 e. The second-order valence-corrected chi connectivity index (χ2v) is 6.57. The van der Waals surface area contributed by atoms with Crippen molar-refractivity contribution in [3.8, 4) is 0 Å². The summed E-state index contributed by atoms with van der Waals surface area (Å²) in [4.78, 5) is 23.8. The van der Waals surface area contributed by atoms with Crippen molar-refractivity contribution in [2.45, 2.75) is 25.8 Å². The van der Waals surface area contributed by atoms with Crippen molar-refractivity contribution in [3.63, 3.8) is 0 Å². The summed E-state index contributed by atoms with van der Waals surface area (Å²) in [6, 6.07) is 3.42. The van der Waals surface area contributed by atoms with E-state index in [1.54, 1.807) is 12.1 Å². The average molecular weight is 314 g/mol. The standard InChI is InChI=1S/C14H16ClNO3S/c1-8-5-10(11(15)6-9(8)2)12(17)16-14(13(18)19)3-4-20-7-14/h5-6H,3-4,7H2,1-2H3,(H,16,17)(H,18,19). The van der Waals surface area contributed by atoms with Gasteiger partial charge < -0.3 is 10.4 Å². The summed E-state index contributed by atoms with van der Waals surface area (Å²) in [5.41, 5.74) is 1.09. The Morgan fingerprint density at radius 3 is 2.55 bits per heavy atom. The number of amides is 1. The number of hydrogen-bond acceptors (Lipinski definition) is 3. The predicted octanol–water partition coefficient (Wildman–Crippen LogP) is 2.65. The molecule has 6 heteroatoms. The van der Waals surface area contributed by atoms with Gasteiger partial charge in [-0.05, 0) is 49.3 Å².